The molecule has 0 radical (unpaired) electrons. The minimum absolute atomic E-state index is 0.183. The summed E-state index contributed by atoms with van der Waals surface area (Å²) in [5, 5.41) is 21.5. The molecule has 1 saturated carbocycles. The Morgan fingerprint density at radius 1 is 0.962 bits per heavy atom. The lowest BCUT2D eigenvalue weighted by Crippen LogP contribution is -2.26. The molecule has 1 heterocycles. The largest absolute Gasteiger partial charge is 0.481 e. The van der Waals surface area contributed by atoms with Crippen LogP contribution < -0.4 is 5.32 Å². The van der Waals surface area contributed by atoms with Crippen LogP contribution in [-0.4, -0.2) is 34.1 Å². The number of amides is 2. The molecule has 0 aromatic carbocycles. The van der Waals surface area contributed by atoms with Crippen molar-refractivity contribution in [1.29, 1.82) is 0 Å². The Bertz CT molecular complexity index is 487. The molecule has 0 spiro atoms. The van der Waals surface area contributed by atoms with Gasteiger partial charge in [-0.2, -0.15) is 0 Å². The quantitative estimate of drug-likeness (QED) is 0.385. The number of carbonyl (C=O) groups is 3. The maximum Gasteiger partial charge on any atom is 0.303 e. The number of carboxylic acid groups (broad SMARTS) is 1. The van der Waals surface area contributed by atoms with Crippen LogP contribution in [0.15, 0.2) is 0 Å². The number of carboxylic acids is 1. The number of carbonyl (C=O) groups excluding carboxylic acids is 2. The topological polar surface area (TPSA) is 104 Å². The predicted molar refractivity (Wildman–Crippen MR) is 97.3 cm³/mol. The molecule has 0 aromatic rings. The first-order chi connectivity index (χ1) is 12.5. The average molecular weight is 367 g/mol. The Balaban J connectivity index is 1.73. The Labute approximate surface area is 155 Å². The number of nitrogens with one attached hydrogen (secondary N) is 1. The highest BCUT2D eigenvalue weighted by molar-refractivity contribution is 6.04. The van der Waals surface area contributed by atoms with Gasteiger partial charge < -0.3 is 10.2 Å². The second-order valence-electron chi connectivity index (χ2n) is 7.96. The first-order valence-electron chi connectivity index (χ1n) is 10.2. The van der Waals surface area contributed by atoms with Gasteiger partial charge in [-0.1, -0.05) is 38.5 Å². The van der Waals surface area contributed by atoms with Crippen LogP contribution in [0.2, 0.25) is 0 Å². The molecule has 2 aliphatic rings. The van der Waals surface area contributed by atoms with Gasteiger partial charge in [0.05, 0.1) is 12.0 Å². The highest BCUT2D eigenvalue weighted by Gasteiger charge is 2.41. The third kappa shape index (κ3) is 6.38. The number of aliphatic hydroxyl groups is 1. The van der Waals surface area contributed by atoms with Gasteiger partial charge in [-0.3, -0.25) is 19.7 Å². The van der Waals surface area contributed by atoms with E-state index in [2.05, 4.69) is 5.32 Å². The summed E-state index contributed by atoms with van der Waals surface area (Å²) in [6.07, 6.45) is 10.6. The number of unbranched alkanes of at least 4 members (excludes halogenated alkanes) is 3. The minimum atomic E-state index is -0.776. The molecule has 0 unspecified atom stereocenters. The summed E-state index contributed by atoms with van der Waals surface area (Å²) >= 11 is 0. The Hall–Kier alpha value is -1.43. The van der Waals surface area contributed by atoms with Crippen LogP contribution in [0.3, 0.4) is 0 Å². The SMILES string of the molecule is O=C(O)CCCCCC[C@@H]1C(=O)NC(=O)[C@H]1CC[C@@H](O)C1CCCCC1. The molecule has 6 heteroatoms. The molecule has 1 aliphatic carbocycles. The van der Waals surface area contributed by atoms with E-state index >= 15 is 0 Å². The fraction of sp³-hybridized carbons (Fsp3) is 0.850. The molecule has 3 atom stereocenters. The lowest BCUT2D eigenvalue weighted by atomic mass is 9.80. The van der Waals surface area contributed by atoms with E-state index in [1.54, 1.807) is 0 Å². The normalized spacial score (nSPS) is 25.3. The molecule has 26 heavy (non-hydrogen) atoms. The summed E-state index contributed by atoms with van der Waals surface area (Å²) in [7, 11) is 0. The van der Waals surface area contributed by atoms with Crippen LogP contribution in [-0.2, 0) is 14.4 Å². The van der Waals surface area contributed by atoms with Crippen LogP contribution in [0.4, 0.5) is 0 Å². The van der Waals surface area contributed by atoms with Crippen molar-refractivity contribution in [1.82, 2.24) is 5.32 Å². The number of rotatable bonds is 11. The predicted octanol–water partition coefficient (Wildman–Crippen LogP) is 3.02. The van der Waals surface area contributed by atoms with Crippen molar-refractivity contribution < 1.29 is 24.6 Å². The highest BCUT2D eigenvalue weighted by Crippen LogP contribution is 2.33. The van der Waals surface area contributed by atoms with Gasteiger partial charge in [0.2, 0.25) is 11.8 Å². The van der Waals surface area contributed by atoms with E-state index in [-0.39, 0.29) is 36.2 Å². The molecule has 0 bridgehead atoms. The van der Waals surface area contributed by atoms with Crippen LogP contribution in [0, 0.1) is 17.8 Å². The Kier molecular flexibility index (Phi) is 8.55. The van der Waals surface area contributed by atoms with Crippen molar-refractivity contribution in [3.05, 3.63) is 0 Å². The zero-order valence-electron chi connectivity index (χ0n) is 15.6. The molecule has 3 N–H and O–H groups in total. The maximum absolute atomic E-state index is 12.1. The summed E-state index contributed by atoms with van der Waals surface area (Å²) < 4.78 is 0. The third-order valence-electron chi connectivity index (χ3n) is 6.03. The minimum Gasteiger partial charge on any atom is -0.481 e. The second-order valence-corrected chi connectivity index (χ2v) is 7.96. The molecular formula is C20H33NO5. The van der Waals surface area contributed by atoms with Gasteiger partial charge >= 0.3 is 5.97 Å². The van der Waals surface area contributed by atoms with Crippen LogP contribution in [0.5, 0.6) is 0 Å². The van der Waals surface area contributed by atoms with Gasteiger partial charge in [0.15, 0.2) is 0 Å². The van der Waals surface area contributed by atoms with Crippen LogP contribution in [0.1, 0.15) is 83.5 Å². The summed E-state index contributed by atoms with van der Waals surface area (Å²) in [4.78, 5) is 34.7. The highest BCUT2D eigenvalue weighted by atomic mass is 16.4. The average Bonchev–Trinajstić information content (AvgIpc) is 2.89. The standard InChI is InChI=1S/C20H33NO5/c22-17(14-8-4-3-5-9-14)13-12-16-15(19(25)21-20(16)26)10-6-1-2-7-11-18(23)24/h14-17,22H,1-13H2,(H,23,24)(H,21,25,26)/t15-,16-,17+/m0/s1. The summed E-state index contributed by atoms with van der Waals surface area (Å²) in [5.74, 6) is -1.42. The van der Waals surface area contributed by atoms with E-state index in [0.29, 0.717) is 31.6 Å². The summed E-state index contributed by atoms with van der Waals surface area (Å²) in [6, 6.07) is 0. The maximum atomic E-state index is 12.1. The smallest absolute Gasteiger partial charge is 0.303 e. The summed E-state index contributed by atoms with van der Waals surface area (Å²) in [6.45, 7) is 0. The molecule has 0 aromatic heterocycles. The van der Waals surface area contributed by atoms with E-state index in [0.717, 1.165) is 32.1 Å². The van der Waals surface area contributed by atoms with Gasteiger partial charge in [0.1, 0.15) is 0 Å². The van der Waals surface area contributed by atoms with Crippen molar-refractivity contribution in [2.24, 2.45) is 17.8 Å². The van der Waals surface area contributed by atoms with Gasteiger partial charge in [-0.05, 0) is 44.4 Å². The fourth-order valence-corrected chi connectivity index (χ4v) is 4.44. The van der Waals surface area contributed by atoms with Crippen LogP contribution in [0.25, 0.3) is 0 Å². The van der Waals surface area contributed by atoms with Gasteiger partial charge in [-0.25, -0.2) is 0 Å². The first-order valence-corrected chi connectivity index (χ1v) is 10.2. The van der Waals surface area contributed by atoms with E-state index < -0.39 is 5.97 Å². The van der Waals surface area contributed by atoms with E-state index in [9.17, 15) is 19.5 Å². The molecule has 2 fully saturated rings. The van der Waals surface area contributed by atoms with E-state index in [1.165, 1.54) is 19.3 Å². The molecule has 6 nitrogen and oxygen atoms in total. The third-order valence-corrected chi connectivity index (χ3v) is 6.03. The molecule has 2 amide bonds. The molecule has 148 valence electrons. The lowest BCUT2D eigenvalue weighted by Gasteiger charge is -2.27. The number of hydrogen-bond donors (Lipinski definition) is 3. The molecule has 1 aliphatic heterocycles. The second kappa shape index (κ2) is 10.7. The van der Waals surface area contributed by atoms with Gasteiger partial charge in [-0.15, -0.1) is 0 Å². The number of aliphatic carboxylic acids is 1. The zero-order valence-corrected chi connectivity index (χ0v) is 15.6. The lowest BCUT2D eigenvalue weighted by molar-refractivity contribution is -0.137. The molecule has 2 rings (SSSR count). The van der Waals surface area contributed by atoms with Crippen molar-refractivity contribution in [3.63, 3.8) is 0 Å². The molecule has 1 saturated heterocycles. The van der Waals surface area contributed by atoms with Gasteiger partial charge in [0.25, 0.3) is 0 Å². The Morgan fingerprint density at radius 3 is 2.23 bits per heavy atom. The fourth-order valence-electron chi connectivity index (χ4n) is 4.44. The van der Waals surface area contributed by atoms with Crippen molar-refractivity contribution in [2.45, 2.75) is 89.6 Å². The van der Waals surface area contributed by atoms with E-state index in [1.807, 2.05) is 0 Å². The number of aliphatic hydroxyl groups excluding tert-OH is 1. The van der Waals surface area contributed by atoms with Crippen LogP contribution >= 0.6 is 0 Å². The zero-order chi connectivity index (χ0) is 18.9. The monoisotopic (exact) mass is 367 g/mol. The van der Waals surface area contributed by atoms with E-state index in [4.69, 9.17) is 5.11 Å². The van der Waals surface area contributed by atoms with Gasteiger partial charge in [0, 0.05) is 12.3 Å². The summed E-state index contributed by atoms with van der Waals surface area (Å²) in [5.41, 5.74) is 0. The Morgan fingerprint density at radius 2 is 1.58 bits per heavy atom. The van der Waals surface area contributed by atoms with Crippen molar-refractivity contribution in [3.8, 4) is 0 Å². The van der Waals surface area contributed by atoms with Crippen molar-refractivity contribution >= 4 is 17.8 Å². The number of hydrogen-bond acceptors (Lipinski definition) is 4. The number of imide groups is 1. The molecular weight excluding hydrogens is 334 g/mol. The first kappa shape index (κ1) is 20.9. The van der Waals surface area contributed by atoms with Crippen molar-refractivity contribution in [2.75, 3.05) is 0 Å².